The quantitative estimate of drug-likeness (QED) is 0.728. The average Bonchev–Trinajstić information content (AvgIpc) is 2.47. The molecule has 4 nitrogen and oxygen atoms in total. The Balaban J connectivity index is 2.67. The Bertz CT molecular complexity index is 391. The van der Waals surface area contributed by atoms with Crippen molar-refractivity contribution in [1.29, 1.82) is 0 Å². The van der Waals surface area contributed by atoms with Crippen molar-refractivity contribution >= 4 is 5.97 Å². The summed E-state index contributed by atoms with van der Waals surface area (Å²) in [4.78, 5) is 13.2. The molecule has 2 N–H and O–H groups in total. The van der Waals surface area contributed by atoms with Crippen molar-refractivity contribution in [3.63, 3.8) is 0 Å². The Morgan fingerprint density at radius 3 is 2.30 bits per heavy atom. The lowest BCUT2D eigenvalue weighted by molar-refractivity contribution is -0.140. The van der Waals surface area contributed by atoms with Gasteiger partial charge < -0.3 is 10.4 Å². The van der Waals surface area contributed by atoms with Crippen LogP contribution >= 0.6 is 0 Å². The molecule has 1 rings (SSSR count). The van der Waals surface area contributed by atoms with Gasteiger partial charge in [-0.2, -0.15) is 0 Å². The van der Waals surface area contributed by atoms with E-state index in [0.717, 1.165) is 19.6 Å². The van der Waals surface area contributed by atoms with Gasteiger partial charge in [0.05, 0.1) is 5.92 Å². The lowest BCUT2D eigenvalue weighted by Crippen LogP contribution is -2.38. The van der Waals surface area contributed by atoms with Gasteiger partial charge in [0.15, 0.2) is 0 Å². The van der Waals surface area contributed by atoms with E-state index < -0.39 is 5.97 Å². The minimum absolute atomic E-state index is 0.284. The maximum atomic E-state index is 10.8. The van der Waals surface area contributed by atoms with Crippen molar-refractivity contribution in [2.45, 2.75) is 26.8 Å². The van der Waals surface area contributed by atoms with Crippen LogP contribution in [0, 0.1) is 5.92 Å². The largest absolute Gasteiger partial charge is 0.481 e. The molecule has 0 heterocycles. The minimum atomic E-state index is -0.753. The monoisotopic (exact) mass is 278 g/mol. The summed E-state index contributed by atoms with van der Waals surface area (Å²) in [7, 11) is 0. The second-order valence-corrected chi connectivity index (χ2v) is 5.05. The Hall–Kier alpha value is -1.39. The van der Waals surface area contributed by atoms with Crippen molar-refractivity contribution in [3.8, 4) is 0 Å². The number of carbonyl (C=O) groups is 1. The van der Waals surface area contributed by atoms with E-state index >= 15 is 0 Å². The zero-order valence-corrected chi connectivity index (χ0v) is 12.7. The van der Waals surface area contributed by atoms with Crippen LogP contribution in [0.25, 0.3) is 0 Å². The van der Waals surface area contributed by atoms with Gasteiger partial charge in [0.25, 0.3) is 0 Å². The normalized spacial score (nSPS) is 14.2. The Labute approximate surface area is 121 Å². The molecule has 20 heavy (non-hydrogen) atoms. The van der Waals surface area contributed by atoms with Crippen molar-refractivity contribution in [1.82, 2.24) is 10.2 Å². The number of carboxylic acid groups (broad SMARTS) is 1. The fourth-order valence-electron chi connectivity index (χ4n) is 2.32. The second-order valence-electron chi connectivity index (χ2n) is 5.05. The van der Waals surface area contributed by atoms with Crippen LogP contribution in [0.3, 0.4) is 0 Å². The number of nitrogens with one attached hydrogen (secondary N) is 1. The van der Waals surface area contributed by atoms with E-state index in [9.17, 15) is 4.79 Å². The van der Waals surface area contributed by atoms with E-state index in [2.05, 4.69) is 36.2 Å². The van der Waals surface area contributed by atoms with Crippen molar-refractivity contribution in [2.24, 2.45) is 5.92 Å². The molecule has 0 saturated carbocycles. The fraction of sp³-hybridized carbons (Fsp3) is 0.562. The lowest BCUT2D eigenvalue weighted by Gasteiger charge is -2.30. The molecule has 112 valence electrons. The summed E-state index contributed by atoms with van der Waals surface area (Å²) in [6.45, 7) is 9.25. The topological polar surface area (TPSA) is 52.6 Å². The molecule has 1 aromatic rings. The molecule has 0 aromatic heterocycles. The molecule has 2 unspecified atom stereocenters. The molecule has 0 aliphatic rings. The molecule has 0 bridgehead atoms. The molecule has 0 amide bonds. The van der Waals surface area contributed by atoms with E-state index in [0.29, 0.717) is 6.54 Å². The van der Waals surface area contributed by atoms with Crippen molar-refractivity contribution in [3.05, 3.63) is 35.9 Å². The first-order valence-electron chi connectivity index (χ1n) is 7.32. The van der Waals surface area contributed by atoms with Gasteiger partial charge in [-0.05, 0) is 18.7 Å². The first kappa shape index (κ1) is 16.7. The molecule has 0 radical (unpaired) electrons. The molecule has 0 aliphatic heterocycles. The van der Waals surface area contributed by atoms with Gasteiger partial charge >= 0.3 is 5.97 Å². The van der Waals surface area contributed by atoms with Gasteiger partial charge in [-0.1, -0.05) is 51.1 Å². The summed E-state index contributed by atoms with van der Waals surface area (Å²) >= 11 is 0. The predicted octanol–water partition coefficient (Wildman–Crippen LogP) is 2.38. The maximum absolute atomic E-state index is 10.8. The smallest absolute Gasteiger partial charge is 0.307 e. The standard InChI is InChI=1S/C16H26N2O2/c1-4-18(5-2)15(14-9-7-6-8-10-14)12-17-11-13(3)16(19)20/h6-10,13,15,17H,4-5,11-12H2,1-3H3,(H,19,20). The molecule has 0 fully saturated rings. The number of hydrogen-bond acceptors (Lipinski definition) is 3. The number of rotatable bonds is 9. The van der Waals surface area contributed by atoms with Crippen LogP contribution in [0.1, 0.15) is 32.4 Å². The summed E-state index contributed by atoms with van der Waals surface area (Å²) in [5.41, 5.74) is 1.27. The average molecular weight is 278 g/mol. The van der Waals surface area contributed by atoms with Gasteiger partial charge in [0.2, 0.25) is 0 Å². The highest BCUT2D eigenvalue weighted by Crippen LogP contribution is 2.19. The molecule has 4 heteroatoms. The van der Waals surface area contributed by atoms with Crippen LogP contribution in [0.2, 0.25) is 0 Å². The van der Waals surface area contributed by atoms with Crippen LogP contribution < -0.4 is 5.32 Å². The van der Waals surface area contributed by atoms with Crippen molar-refractivity contribution in [2.75, 3.05) is 26.2 Å². The predicted molar refractivity (Wildman–Crippen MR) is 81.8 cm³/mol. The number of aliphatic carboxylic acids is 1. The first-order chi connectivity index (χ1) is 9.60. The summed E-state index contributed by atoms with van der Waals surface area (Å²) in [6, 6.07) is 10.7. The molecule has 0 spiro atoms. The molecule has 1 aromatic carbocycles. The van der Waals surface area contributed by atoms with Gasteiger partial charge in [0, 0.05) is 19.1 Å². The van der Waals surface area contributed by atoms with E-state index in [1.807, 2.05) is 18.2 Å². The molecule has 0 saturated heterocycles. The number of nitrogens with zero attached hydrogens (tertiary/aromatic N) is 1. The van der Waals surface area contributed by atoms with E-state index in [4.69, 9.17) is 5.11 Å². The van der Waals surface area contributed by atoms with E-state index in [-0.39, 0.29) is 12.0 Å². The number of likely N-dealkylation sites (N-methyl/N-ethyl adjacent to an activating group) is 1. The molecular formula is C16H26N2O2. The third-order valence-electron chi connectivity index (χ3n) is 3.65. The van der Waals surface area contributed by atoms with Crippen LogP contribution in [0.15, 0.2) is 30.3 Å². The zero-order valence-electron chi connectivity index (χ0n) is 12.7. The highest BCUT2D eigenvalue weighted by atomic mass is 16.4. The SMILES string of the molecule is CCN(CC)C(CNCC(C)C(=O)O)c1ccccc1. The zero-order chi connectivity index (χ0) is 15.0. The van der Waals surface area contributed by atoms with E-state index in [1.54, 1.807) is 6.92 Å². The van der Waals surface area contributed by atoms with E-state index in [1.165, 1.54) is 5.56 Å². The fourth-order valence-corrected chi connectivity index (χ4v) is 2.32. The highest BCUT2D eigenvalue weighted by molar-refractivity contribution is 5.69. The van der Waals surface area contributed by atoms with Crippen LogP contribution in [-0.2, 0) is 4.79 Å². The Morgan fingerprint density at radius 1 is 1.20 bits per heavy atom. The third-order valence-corrected chi connectivity index (χ3v) is 3.65. The molecule has 2 atom stereocenters. The lowest BCUT2D eigenvalue weighted by atomic mass is 10.0. The first-order valence-corrected chi connectivity index (χ1v) is 7.32. The van der Waals surface area contributed by atoms with Crippen LogP contribution in [0.4, 0.5) is 0 Å². The summed E-state index contributed by atoms with van der Waals surface area (Å²) < 4.78 is 0. The van der Waals surface area contributed by atoms with Gasteiger partial charge in [-0.3, -0.25) is 9.69 Å². The molecule has 0 aliphatic carbocycles. The van der Waals surface area contributed by atoms with Gasteiger partial charge in [-0.15, -0.1) is 0 Å². The number of carboxylic acids is 1. The van der Waals surface area contributed by atoms with Crippen LogP contribution in [0.5, 0.6) is 0 Å². The highest BCUT2D eigenvalue weighted by Gasteiger charge is 2.18. The summed E-state index contributed by atoms with van der Waals surface area (Å²) in [5.74, 6) is -1.11. The second kappa shape index (κ2) is 8.72. The summed E-state index contributed by atoms with van der Waals surface area (Å²) in [5, 5.41) is 12.2. The van der Waals surface area contributed by atoms with Crippen LogP contribution in [-0.4, -0.2) is 42.2 Å². The van der Waals surface area contributed by atoms with Gasteiger partial charge in [0.1, 0.15) is 0 Å². The Kier molecular flexibility index (Phi) is 7.26. The Morgan fingerprint density at radius 2 is 1.80 bits per heavy atom. The molecular weight excluding hydrogens is 252 g/mol. The number of hydrogen-bond donors (Lipinski definition) is 2. The third kappa shape index (κ3) is 4.94. The number of benzene rings is 1. The summed E-state index contributed by atoms with van der Waals surface area (Å²) in [6.07, 6.45) is 0. The van der Waals surface area contributed by atoms with Gasteiger partial charge in [-0.25, -0.2) is 0 Å². The maximum Gasteiger partial charge on any atom is 0.307 e. The minimum Gasteiger partial charge on any atom is -0.481 e. The van der Waals surface area contributed by atoms with Crippen molar-refractivity contribution < 1.29 is 9.90 Å².